The maximum atomic E-state index is 12.0. The molecule has 0 bridgehead atoms. The monoisotopic (exact) mass is 370 g/mol. The number of methoxy groups -OCH3 is 1. The van der Waals surface area contributed by atoms with Crippen LogP contribution in [0.4, 0.5) is 0 Å². The third-order valence-corrected chi connectivity index (χ3v) is 7.52. The van der Waals surface area contributed by atoms with Gasteiger partial charge in [-0.25, -0.2) is 0 Å². The Morgan fingerprint density at radius 2 is 1.59 bits per heavy atom. The molecule has 0 amide bonds. The third kappa shape index (κ3) is 4.95. The van der Waals surface area contributed by atoms with Crippen molar-refractivity contribution in [2.75, 3.05) is 7.11 Å². The minimum Gasteiger partial charge on any atom is -0.469 e. The van der Waals surface area contributed by atoms with Crippen LogP contribution in [0.2, 0.25) is 0 Å². The van der Waals surface area contributed by atoms with Gasteiger partial charge in [-0.15, -0.1) is 0 Å². The zero-order chi connectivity index (χ0) is 19.3. The van der Waals surface area contributed by atoms with Crippen LogP contribution in [0, 0.1) is 17.3 Å². The Labute approximate surface area is 166 Å². The summed E-state index contributed by atoms with van der Waals surface area (Å²) in [6.45, 7) is 4.35. The Hall–Kier alpha value is -1.31. The number of rotatable bonds is 6. The summed E-state index contributed by atoms with van der Waals surface area (Å²) >= 11 is 0. The van der Waals surface area contributed by atoms with E-state index in [0.29, 0.717) is 0 Å². The predicted molar refractivity (Wildman–Crippen MR) is 112 cm³/mol. The van der Waals surface area contributed by atoms with Crippen LogP contribution in [-0.4, -0.2) is 13.1 Å². The standard InChI is InChI=1S/C25H38O2/c1-4-5-6-19-7-9-20(10-8-19)21-11-13-22(14-12-21)23-15-17-25(2,18-16-23)24(26)27-3/h7-10,21-23H,4-6,11-18H2,1-3H3. The zero-order valence-electron chi connectivity index (χ0n) is 17.6. The summed E-state index contributed by atoms with van der Waals surface area (Å²) in [7, 11) is 1.53. The van der Waals surface area contributed by atoms with Crippen LogP contribution in [0.1, 0.15) is 95.1 Å². The number of aryl methyl sites for hydroxylation is 1. The molecule has 0 unspecified atom stereocenters. The molecule has 1 aromatic carbocycles. The lowest BCUT2D eigenvalue weighted by Crippen LogP contribution is -2.36. The minimum absolute atomic E-state index is 0.00737. The lowest BCUT2D eigenvalue weighted by molar-refractivity contribution is -0.154. The van der Waals surface area contributed by atoms with E-state index in [2.05, 4.69) is 38.1 Å². The highest BCUT2D eigenvalue weighted by molar-refractivity contribution is 5.76. The lowest BCUT2D eigenvalue weighted by Gasteiger charge is -2.40. The van der Waals surface area contributed by atoms with Gasteiger partial charge in [0.05, 0.1) is 12.5 Å². The van der Waals surface area contributed by atoms with Gasteiger partial charge < -0.3 is 4.74 Å². The molecule has 2 aliphatic carbocycles. The van der Waals surface area contributed by atoms with Gasteiger partial charge in [0.1, 0.15) is 0 Å². The fourth-order valence-corrected chi connectivity index (χ4v) is 5.46. The Bertz CT molecular complexity index is 587. The quantitative estimate of drug-likeness (QED) is 0.523. The first-order valence-electron chi connectivity index (χ1n) is 11.2. The Kier molecular flexibility index (Phi) is 7.00. The van der Waals surface area contributed by atoms with Crippen molar-refractivity contribution in [3.8, 4) is 0 Å². The van der Waals surface area contributed by atoms with Crippen LogP contribution >= 0.6 is 0 Å². The smallest absolute Gasteiger partial charge is 0.311 e. The van der Waals surface area contributed by atoms with E-state index in [1.807, 2.05) is 0 Å². The number of benzene rings is 1. The number of carbonyl (C=O) groups is 1. The van der Waals surface area contributed by atoms with Crippen molar-refractivity contribution >= 4 is 5.97 Å². The molecule has 2 nitrogen and oxygen atoms in total. The summed E-state index contributed by atoms with van der Waals surface area (Å²) in [4.78, 5) is 12.0. The van der Waals surface area contributed by atoms with Gasteiger partial charge in [-0.2, -0.15) is 0 Å². The highest BCUT2D eigenvalue weighted by atomic mass is 16.5. The normalized spacial score (nSPS) is 31.4. The van der Waals surface area contributed by atoms with Crippen molar-refractivity contribution in [2.24, 2.45) is 17.3 Å². The van der Waals surface area contributed by atoms with Crippen LogP contribution in [0.25, 0.3) is 0 Å². The Balaban J connectivity index is 1.47. The molecule has 2 heteroatoms. The van der Waals surface area contributed by atoms with Gasteiger partial charge in [0.15, 0.2) is 0 Å². The molecule has 3 rings (SSSR count). The van der Waals surface area contributed by atoms with Crippen molar-refractivity contribution in [2.45, 2.75) is 90.4 Å². The van der Waals surface area contributed by atoms with E-state index in [9.17, 15) is 4.79 Å². The predicted octanol–water partition coefficient (Wildman–Crippen LogP) is 6.67. The summed E-state index contributed by atoms with van der Waals surface area (Å²) in [5.41, 5.74) is 2.81. The molecule has 2 saturated carbocycles. The van der Waals surface area contributed by atoms with E-state index in [0.717, 1.165) is 30.6 Å². The summed E-state index contributed by atoms with van der Waals surface area (Å²) < 4.78 is 5.03. The number of unbranched alkanes of at least 4 members (excludes halogenated alkanes) is 1. The molecule has 27 heavy (non-hydrogen) atoms. The van der Waals surface area contributed by atoms with E-state index in [-0.39, 0.29) is 11.4 Å². The zero-order valence-corrected chi connectivity index (χ0v) is 17.6. The lowest BCUT2D eigenvalue weighted by atomic mass is 9.64. The topological polar surface area (TPSA) is 26.3 Å². The van der Waals surface area contributed by atoms with Crippen LogP contribution < -0.4 is 0 Å². The van der Waals surface area contributed by atoms with Crippen molar-refractivity contribution in [3.63, 3.8) is 0 Å². The summed E-state index contributed by atoms with van der Waals surface area (Å²) in [5, 5.41) is 0. The molecule has 0 spiro atoms. The van der Waals surface area contributed by atoms with Gasteiger partial charge in [-0.05, 0) is 100 Å². The maximum absolute atomic E-state index is 12.0. The summed E-state index contributed by atoms with van der Waals surface area (Å²) in [5.74, 6) is 2.44. The number of hydrogen-bond acceptors (Lipinski definition) is 2. The van der Waals surface area contributed by atoms with Gasteiger partial charge >= 0.3 is 5.97 Å². The molecular formula is C25H38O2. The highest BCUT2D eigenvalue weighted by Crippen LogP contribution is 2.47. The van der Waals surface area contributed by atoms with Gasteiger partial charge in [-0.3, -0.25) is 4.79 Å². The van der Waals surface area contributed by atoms with Crippen molar-refractivity contribution in [1.82, 2.24) is 0 Å². The number of hydrogen-bond donors (Lipinski definition) is 0. The molecule has 0 radical (unpaired) electrons. The summed E-state index contributed by atoms with van der Waals surface area (Å²) in [6, 6.07) is 9.48. The SMILES string of the molecule is CCCCc1ccc(C2CCC(C3CCC(C)(C(=O)OC)CC3)CC2)cc1. The first kappa shape index (κ1) is 20.4. The molecule has 150 valence electrons. The number of esters is 1. The second-order valence-corrected chi connectivity index (χ2v) is 9.35. The van der Waals surface area contributed by atoms with Crippen molar-refractivity contribution < 1.29 is 9.53 Å². The molecule has 0 aliphatic heterocycles. The van der Waals surface area contributed by atoms with E-state index in [1.54, 1.807) is 5.56 Å². The van der Waals surface area contributed by atoms with E-state index >= 15 is 0 Å². The molecule has 0 N–H and O–H groups in total. The first-order valence-corrected chi connectivity index (χ1v) is 11.2. The maximum Gasteiger partial charge on any atom is 0.311 e. The fourth-order valence-electron chi connectivity index (χ4n) is 5.46. The van der Waals surface area contributed by atoms with E-state index < -0.39 is 0 Å². The van der Waals surface area contributed by atoms with Crippen LogP contribution in [0.3, 0.4) is 0 Å². The fraction of sp³-hybridized carbons (Fsp3) is 0.720. The van der Waals surface area contributed by atoms with Crippen LogP contribution in [-0.2, 0) is 16.0 Å². The van der Waals surface area contributed by atoms with E-state index in [1.165, 1.54) is 70.5 Å². The average molecular weight is 371 g/mol. The number of ether oxygens (including phenoxy) is 1. The Morgan fingerprint density at radius 3 is 2.15 bits per heavy atom. The second-order valence-electron chi connectivity index (χ2n) is 9.35. The Morgan fingerprint density at radius 1 is 1.00 bits per heavy atom. The van der Waals surface area contributed by atoms with Crippen molar-refractivity contribution in [3.05, 3.63) is 35.4 Å². The molecule has 2 aliphatic rings. The van der Waals surface area contributed by atoms with Crippen LogP contribution in [0.5, 0.6) is 0 Å². The summed E-state index contributed by atoms with van der Waals surface area (Å²) in [6.07, 6.45) is 13.6. The largest absolute Gasteiger partial charge is 0.469 e. The average Bonchev–Trinajstić information content (AvgIpc) is 2.73. The van der Waals surface area contributed by atoms with Gasteiger partial charge in [0.25, 0.3) is 0 Å². The van der Waals surface area contributed by atoms with Gasteiger partial charge in [0, 0.05) is 0 Å². The third-order valence-electron chi connectivity index (χ3n) is 7.52. The second kappa shape index (κ2) is 9.26. The first-order chi connectivity index (χ1) is 13.1. The molecule has 0 saturated heterocycles. The molecule has 0 heterocycles. The molecule has 0 aromatic heterocycles. The highest BCUT2D eigenvalue weighted by Gasteiger charge is 2.40. The molecule has 2 fully saturated rings. The molecular weight excluding hydrogens is 332 g/mol. The number of carbonyl (C=O) groups excluding carboxylic acids is 1. The van der Waals surface area contributed by atoms with Gasteiger partial charge in [-0.1, -0.05) is 37.6 Å². The van der Waals surface area contributed by atoms with Gasteiger partial charge in [0.2, 0.25) is 0 Å². The molecule has 0 atom stereocenters. The van der Waals surface area contributed by atoms with E-state index in [4.69, 9.17) is 4.74 Å². The van der Waals surface area contributed by atoms with Crippen LogP contribution in [0.15, 0.2) is 24.3 Å². The minimum atomic E-state index is -0.234. The van der Waals surface area contributed by atoms with Crippen molar-refractivity contribution in [1.29, 1.82) is 0 Å². The molecule has 1 aromatic rings.